The highest BCUT2D eigenvalue weighted by Crippen LogP contribution is 2.42. The van der Waals surface area contributed by atoms with E-state index in [1.54, 1.807) is 6.07 Å². The molecule has 3 fully saturated rings. The third-order valence-electron chi connectivity index (χ3n) is 5.92. The predicted molar refractivity (Wildman–Crippen MR) is 98.4 cm³/mol. The van der Waals surface area contributed by atoms with Gasteiger partial charge in [-0.15, -0.1) is 0 Å². The number of allylic oxidation sites excluding steroid dienone is 3. The molecule has 2 bridgehead atoms. The van der Waals surface area contributed by atoms with Gasteiger partial charge in [-0.2, -0.15) is 0 Å². The molecule has 0 saturated carbocycles. The van der Waals surface area contributed by atoms with Crippen LogP contribution in [-0.4, -0.2) is 47.1 Å². The van der Waals surface area contributed by atoms with E-state index in [1.807, 2.05) is 25.1 Å². The summed E-state index contributed by atoms with van der Waals surface area (Å²) < 4.78 is 14.1. The van der Waals surface area contributed by atoms with Gasteiger partial charge in [0.15, 0.2) is 0 Å². The molecule has 3 saturated heterocycles. The first kappa shape index (κ1) is 16.6. The molecule has 3 aliphatic heterocycles. The monoisotopic (exact) mass is 340 g/mol. The molecule has 1 N–H and O–H groups in total. The van der Waals surface area contributed by atoms with E-state index in [4.69, 9.17) is 0 Å². The highest BCUT2D eigenvalue weighted by Gasteiger charge is 2.30. The number of rotatable bonds is 3. The van der Waals surface area contributed by atoms with Crippen molar-refractivity contribution in [1.82, 2.24) is 9.80 Å². The number of nitrogens with zero attached hydrogens (tertiary/aromatic N) is 2. The first-order valence-corrected chi connectivity index (χ1v) is 9.10. The van der Waals surface area contributed by atoms with Crippen molar-refractivity contribution in [2.75, 3.05) is 26.2 Å². The molecule has 0 amide bonds. The van der Waals surface area contributed by atoms with E-state index in [-0.39, 0.29) is 5.82 Å². The van der Waals surface area contributed by atoms with Crippen molar-refractivity contribution >= 4 is 5.57 Å². The first-order valence-electron chi connectivity index (χ1n) is 9.10. The lowest BCUT2D eigenvalue weighted by Crippen LogP contribution is -2.36. The summed E-state index contributed by atoms with van der Waals surface area (Å²) in [6.07, 6.45) is 5.55. The van der Waals surface area contributed by atoms with E-state index in [1.165, 1.54) is 32.0 Å². The molecule has 1 atom stereocenters. The van der Waals surface area contributed by atoms with Crippen LogP contribution in [0.25, 0.3) is 5.57 Å². The van der Waals surface area contributed by atoms with E-state index in [0.29, 0.717) is 11.6 Å². The number of hydrogen-bond donors (Lipinski definition) is 1. The van der Waals surface area contributed by atoms with Crippen molar-refractivity contribution < 1.29 is 9.50 Å². The van der Waals surface area contributed by atoms with Crippen LogP contribution in [0.15, 0.2) is 48.2 Å². The van der Waals surface area contributed by atoms with Crippen LogP contribution in [0.2, 0.25) is 0 Å². The molecule has 132 valence electrons. The molecule has 0 radical (unpaired) electrons. The third-order valence-corrected chi connectivity index (χ3v) is 5.92. The summed E-state index contributed by atoms with van der Waals surface area (Å²) in [5, 5.41) is 10.4. The Labute approximate surface area is 148 Å². The number of halogens is 1. The van der Waals surface area contributed by atoms with Crippen LogP contribution in [0.4, 0.5) is 4.39 Å². The van der Waals surface area contributed by atoms with Crippen molar-refractivity contribution in [2.45, 2.75) is 31.9 Å². The largest absolute Gasteiger partial charge is 0.384 e. The predicted octanol–water partition coefficient (Wildman–Crippen LogP) is 3.50. The maximum absolute atomic E-state index is 14.1. The zero-order valence-electron chi connectivity index (χ0n) is 14.7. The van der Waals surface area contributed by atoms with E-state index < -0.39 is 6.10 Å². The summed E-state index contributed by atoms with van der Waals surface area (Å²) in [6, 6.07) is 5.56. The second-order valence-electron chi connectivity index (χ2n) is 7.29. The van der Waals surface area contributed by atoms with E-state index in [0.717, 1.165) is 35.5 Å². The topological polar surface area (TPSA) is 26.7 Å². The average Bonchev–Trinajstić information content (AvgIpc) is 2.82. The van der Waals surface area contributed by atoms with Crippen LogP contribution in [-0.2, 0) is 0 Å². The summed E-state index contributed by atoms with van der Waals surface area (Å²) in [5.41, 5.74) is 3.90. The van der Waals surface area contributed by atoms with Crippen LogP contribution in [0, 0.1) is 5.82 Å². The van der Waals surface area contributed by atoms with Crippen molar-refractivity contribution in [2.24, 2.45) is 0 Å². The first-order chi connectivity index (χ1) is 12.1. The van der Waals surface area contributed by atoms with E-state index in [9.17, 15) is 9.50 Å². The minimum absolute atomic E-state index is 0.342. The lowest BCUT2D eigenvalue weighted by molar-refractivity contribution is 0.214. The Hall–Kier alpha value is -1.91. The van der Waals surface area contributed by atoms with E-state index >= 15 is 0 Å². The lowest BCUT2D eigenvalue weighted by Gasteiger charge is -2.33. The van der Waals surface area contributed by atoms with Crippen LogP contribution in [0.3, 0.4) is 0 Å². The quantitative estimate of drug-likeness (QED) is 0.853. The molecule has 1 aromatic rings. The van der Waals surface area contributed by atoms with Gasteiger partial charge >= 0.3 is 0 Å². The SMILES string of the molecule is C=C(/C=C\C1=C(C)C(O)c2c(F)cccc21)N1CCN2CCC1CC2. The minimum atomic E-state index is -0.856. The Morgan fingerprint density at radius 3 is 2.76 bits per heavy atom. The van der Waals surface area contributed by atoms with Crippen molar-refractivity contribution in [1.29, 1.82) is 0 Å². The second-order valence-corrected chi connectivity index (χ2v) is 7.29. The number of piperidine rings is 1. The zero-order chi connectivity index (χ0) is 17.6. The van der Waals surface area contributed by atoms with Gasteiger partial charge in [0.05, 0.1) is 0 Å². The molecule has 3 heterocycles. The van der Waals surface area contributed by atoms with E-state index in [2.05, 4.69) is 16.4 Å². The molecule has 1 unspecified atom stereocenters. The highest BCUT2D eigenvalue weighted by molar-refractivity contribution is 5.84. The van der Waals surface area contributed by atoms with Gasteiger partial charge in [-0.05, 0) is 48.6 Å². The molecule has 0 spiro atoms. The molecule has 3 nitrogen and oxygen atoms in total. The van der Waals surface area contributed by atoms with Gasteiger partial charge in [0.2, 0.25) is 0 Å². The lowest BCUT2D eigenvalue weighted by atomic mass is 10.0. The van der Waals surface area contributed by atoms with Crippen molar-refractivity contribution in [3.05, 3.63) is 65.1 Å². The third kappa shape index (κ3) is 2.83. The molecule has 4 aliphatic rings. The number of benzene rings is 1. The summed E-state index contributed by atoms with van der Waals surface area (Å²) in [6.45, 7) is 10.6. The molecule has 1 aromatic carbocycles. The van der Waals surface area contributed by atoms with Crippen molar-refractivity contribution in [3.8, 4) is 0 Å². The maximum Gasteiger partial charge on any atom is 0.129 e. The molecular formula is C21H25FN2O. The molecule has 0 aromatic heterocycles. The average molecular weight is 340 g/mol. The molecular weight excluding hydrogens is 315 g/mol. The fourth-order valence-electron chi connectivity index (χ4n) is 4.39. The minimum Gasteiger partial charge on any atom is -0.384 e. The van der Waals surface area contributed by atoms with Crippen LogP contribution in [0.5, 0.6) is 0 Å². The Bertz CT molecular complexity index is 759. The van der Waals surface area contributed by atoms with Gasteiger partial charge in [-0.1, -0.05) is 24.8 Å². The fraction of sp³-hybridized carbons (Fsp3) is 0.429. The summed E-state index contributed by atoms with van der Waals surface area (Å²) >= 11 is 0. The van der Waals surface area contributed by atoms with Crippen LogP contribution >= 0.6 is 0 Å². The van der Waals surface area contributed by atoms with Gasteiger partial charge in [-0.3, -0.25) is 0 Å². The fourth-order valence-corrected chi connectivity index (χ4v) is 4.39. The van der Waals surface area contributed by atoms with Crippen LogP contribution < -0.4 is 0 Å². The Morgan fingerprint density at radius 2 is 2.00 bits per heavy atom. The molecule has 1 aliphatic carbocycles. The number of hydrogen-bond acceptors (Lipinski definition) is 3. The normalized spacial score (nSPS) is 28.6. The van der Waals surface area contributed by atoms with Gasteiger partial charge in [0.1, 0.15) is 11.9 Å². The smallest absolute Gasteiger partial charge is 0.129 e. The number of aliphatic hydroxyl groups is 1. The van der Waals surface area contributed by atoms with Gasteiger partial charge in [0.25, 0.3) is 0 Å². The second kappa shape index (κ2) is 6.43. The van der Waals surface area contributed by atoms with Gasteiger partial charge < -0.3 is 14.9 Å². The Morgan fingerprint density at radius 1 is 1.24 bits per heavy atom. The van der Waals surface area contributed by atoms with Crippen molar-refractivity contribution in [3.63, 3.8) is 0 Å². The Balaban J connectivity index is 1.58. The zero-order valence-corrected chi connectivity index (χ0v) is 14.7. The highest BCUT2D eigenvalue weighted by atomic mass is 19.1. The standard InChI is InChI=1S/C21H25FN2O/c1-14(24-13-12-23-10-8-16(24)9-11-23)6-7-17-15(2)21(25)20-18(17)4-3-5-19(20)22/h3-7,16,21,25H,1,8-13H2,2H3/b7-6-. The Kier molecular flexibility index (Phi) is 4.26. The van der Waals surface area contributed by atoms with Gasteiger partial charge in [0, 0.05) is 43.5 Å². The molecule has 25 heavy (non-hydrogen) atoms. The van der Waals surface area contributed by atoms with Crippen LogP contribution in [0.1, 0.15) is 37.0 Å². The van der Waals surface area contributed by atoms with Gasteiger partial charge in [-0.25, -0.2) is 4.39 Å². The molecule has 5 rings (SSSR count). The molecule has 4 heteroatoms. The summed E-state index contributed by atoms with van der Waals surface area (Å²) in [4.78, 5) is 4.93. The summed E-state index contributed by atoms with van der Waals surface area (Å²) in [5.74, 6) is -0.342. The summed E-state index contributed by atoms with van der Waals surface area (Å²) in [7, 11) is 0. The number of fused-ring (bicyclic) bond motifs is 5. The maximum atomic E-state index is 14.1. The number of aliphatic hydroxyl groups excluding tert-OH is 1.